The average Bonchev–Trinajstić information content (AvgIpc) is 3.32. The summed E-state index contributed by atoms with van der Waals surface area (Å²) >= 11 is 0. The molecule has 2 N–H and O–H groups in total. The van der Waals surface area contributed by atoms with Crippen LogP contribution in [-0.2, 0) is 0 Å². The van der Waals surface area contributed by atoms with Crippen molar-refractivity contribution >= 4 is 0 Å². The molecule has 2 rings (SSSR count). The first-order valence-corrected chi connectivity index (χ1v) is 11.6. The molecule has 26 heavy (non-hydrogen) atoms. The SMILES string of the molecule is CC.CCC#CCC1CCC(/C=C\C2CCC(CN)C2)C1.CCCCC. The third kappa shape index (κ3) is 11.8. The topological polar surface area (TPSA) is 26.0 Å². The minimum atomic E-state index is 0.787. The highest BCUT2D eigenvalue weighted by Gasteiger charge is 2.24. The molecule has 0 aromatic rings. The van der Waals surface area contributed by atoms with Crippen LogP contribution < -0.4 is 5.73 Å². The van der Waals surface area contributed by atoms with Gasteiger partial charge >= 0.3 is 0 Å². The second-order valence-corrected chi connectivity index (χ2v) is 7.76. The van der Waals surface area contributed by atoms with E-state index in [1.165, 1.54) is 57.8 Å². The zero-order valence-corrected chi connectivity index (χ0v) is 18.5. The molecule has 2 saturated carbocycles. The summed E-state index contributed by atoms with van der Waals surface area (Å²) in [6, 6.07) is 0. The molecule has 0 heterocycles. The molecule has 1 heteroatoms. The monoisotopic (exact) mass is 361 g/mol. The van der Waals surface area contributed by atoms with Crippen molar-refractivity contribution in [3.05, 3.63) is 12.2 Å². The lowest BCUT2D eigenvalue weighted by atomic mass is 9.99. The van der Waals surface area contributed by atoms with Gasteiger partial charge in [-0.1, -0.05) is 66.0 Å². The van der Waals surface area contributed by atoms with Gasteiger partial charge in [0, 0.05) is 12.8 Å². The van der Waals surface area contributed by atoms with Crippen LogP contribution >= 0.6 is 0 Å². The van der Waals surface area contributed by atoms with Gasteiger partial charge in [-0.3, -0.25) is 0 Å². The quantitative estimate of drug-likeness (QED) is 0.388. The van der Waals surface area contributed by atoms with E-state index in [1.807, 2.05) is 13.8 Å². The molecule has 152 valence electrons. The lowest BCUT2D eigenvalue weighted by Gasteiger charge is -2.07. The fraction of sp³-hybridized carbons (Fsp3) is 0.840. The standard InChI is InChI=1S/C18H29N.C5H12.C2H6/c1-2-3-4-5-15-6-7-16(12-15)8-9-17-10-11-18(13-17)14-19;1-3-5-4-2;1-2/h8-9,15-18H,2,5-7,10-14,19H2,1H3;3-5H2,1-2H3;1-2H3/b9-8-;;. The van der Waals surface area contributed by atoms with Gasteiger partial charge in [0.25, 0.3) is 0 Å². The van der Waals surface area contributed by atoms with Crippen LogP contribution in [0.2, 0.25) is 0 Å². The van der Waals surface area contributed by atoms with Gasteiger partial charge in [0.2, 0.25) is 0 Å². The number of unbranched alkanes of at least 4 members (excludes halogenated alkanes) is 2. The summed E-state index contributed by atoms with van der Waals surface area (Å²) in [6.07, 6.45) is 19.3. The van der Waals surface area contributed by atoms with E-state index in [0.717, 1.165) is 43.1 Å². The van der Waals surface area contributed by atoms with Crippen LogP contribution in [0.25, 0.3) is 0 Å². The fourth-order valence-corrected chi connectivity index (χ4v) is 3.99. The van der Waals surface area contributed by atoms with Crippen LogP contribution in [0.1, 0.15) is 105 Å². The van der Waals surface area contributed by atoms with Crippen LogP contribution in [0, 0.1) is 35.5 Å². The highest BCUT2D eigenvalue weighted by molar-refractivity contribution is 5.03. The van der Waals surface area contributed by atoms with Crippen LogP contribution in [-0.4, -0.2) is 6.54 Å². The van der Waals surface area contributed by atoms with Gasteiger partial charge in [0.1, 0.15) is 0 Å². The highest BCUT2D eigenvalue weighted by Crippen LogP contribution is 2.36. The Balaban J connectivity index is 0.000000772. The van der Waals surface area contributed by atoms with E-state index in [1.54, 1.807) is 0 Å². The van der Waals surface area contributed by atoms with E-state index in [-0.39, 0.29) is 0 Å². The van der Waals surface area contributed by atoms with Gasteiger partial charge in [-0.2, -0.15) is 0 Å². The van der Waals surface area contributed by atoms with E-state index in [9.17, 15) is 0 Å². The largest absolute Gasteiger partial charge is 0.330 e. The lowest BCUT2D eigenvalue weighted by molar-refractivity contribution is 0.536. The minimum absolute atomic E-state index is 0.787. The maximum absolute atomic E-state index is 5.75. The Hall–Kier alpha value is -0.740. The average molecular weight is 362 g/mol. The number of rotatable bonds is 6. The van der Waals surface area contributed by atoms with Gasteiger partial charge < -0.3 is 5.73 Å². The van der Waals surface area contributed by atoms with Crippen molar-refractivity contribution in [3.63, 3.8) is 0 Å². The van der Waals surface area contributed by atoms with Gasteiger partial charge in [0.15, 0.2) is 0 Å². The molecule has 0 aliphatic heterocycles. The second kappa shape index (κ2) is 17.7. The summed E-state index contributed by atoms with van der Waals surface area (Å²) in [6.45, 7) is 11.4. The molecule has 0 spiro atoms. The molecule has 2 fully saturated rings. The van der Waals surface area contributed by atoms with E-state index in [2.05, 4.69) is 44.8 Å². The summed E-state index contributed by atoms with van der Waals surface area (Å²) in [7, 11) is 0. The number of nitrogens with two attached hydrogens (primary N) is 1. The van der Waals surface area contributed by atoms with Crippen molar-refractivity contribution in [2.75, 3.05) is 6.54 Å². The molecule has 0 bridgehead atoms. The molecule has 0 radical (unpaired) electrons. The maximum Gasteiger partial charge on any atom is 0.0117 e. The Bertz CT molecular complexity index is 385. The van der Waals surface area contributed by atoms with Crippen molar-refractivity contribution in [3.8, 4) is 11.8 Å². The molecule has 4 atom stereocenters. The summed E-state index contributed by atoms with van der Waals surface area (Å²) in [5, 5.41) is 0. The van der Waals surface area contributed by atoms with E-state index in [0.29, 0.717) is 0 Å². The van der Waals surface area contributed by atoms with Crippen molar-refractivity contribution in [1.29, 1.82) is 0 Å². The molecule has 0 saturated heterocycles. The summed E-state index contributed by atoms with van der Waals surface area (Å²) in [4.78, 5) is 0. The molecule has 2 aliphatic carbocycles. The number of hydrogen-bond donors (Lipinski definition) is 1. The first-order chi connectivity index (χ1) is 12.7. The zero-order chi connectivity index (χ0) is 19.6. The molecule has 0 aromatic heterocycles. The van der Waals surface area contributed by atoms with Crippen molar-refractivity contribution in [2.24, 2.45) is 29.4 Å². The Labute approximate surface area is 165 Å². The smallest absolute Gasteiger partial charge is 0.0117 e. The van der Waals surface area contributed by atoms with Gasteiger partial charge in [-0.15, -0.1) is 11.8 Å². The molecule has 0 amide bonds. The molecular formula is C25H47N. The Morgan fingerprint density at radius 3 is 1.77 bits per heavy atom. The summed E-state index contributed by atoms with van der Waals surface area (Å²) < 4.78 is 0. The zero-order valence-electron chi connectivity index (χ0n) is 18.5. The Kier molecular flexibility index (Phi) is 17.2. The van der Waals surface area contributed by atoms with Crippen molar-refractivity contribution in [1.82, 2.24) is 0 Å². The number of hydrogen-bond acceptors (Lipinski definition) is 1. The lowest BCUT2D eigenvalue weighted by Crippen LogP contribution is -2.10. The van der Waals surface area contributed by atoms with E-state index < -0.39 is 0 Å². The van der Waals surface area contributed by atoms with E-state index >= 15 is 0 Å². The normalized spacial score (nSPS) is 27.2. The first kappa shape index (κ1) is 25.3. The van der Waals surface area contributed by atoms with Gasteiger partial charge in [-0.05, 0) is 68.7 Å². The summed E-state index contributed by atoms with van der Waals surface area (Å²) in [5.74, 6) is 9.80. The first-order valence-electron chi connectivity index (χ1n) is 11.6. The number of allylic oxidation sites excluding steroid dienone is 2. The molecular weight excluding hydrogens is 314 g/mol. The highest BCUT2D eigenvalue weighted by atomic mass is 14.6. The fourth-order valence-electron chi connectivity index (χ4n) is 3.99. The Morgan fingerprint density at radius 1 is 0.808 bits per heavy atom. The van der Waals surface area contributed by atoms with Crippen LogP contribution in [0.4, 0.5) is 0 Å². The van der Waals surface area contributed by atoms with Crippen LogP contribution in [0.15, 0.2) is 12.2 Å². The molecule has 2 aliphatic rings. The van der Waals surface area contributed by atoms with Crippen molar-refractivity contribution in [2.45, 2.75) is 105 Å². The predicted molar refractivity (Wildman–Crippen MR) is 119 cm³/mol. The van der Waals surface area contributed by atoms with Crippen LogP contribution in [0.5, 0.6) is 0 Å². The van der Waals surface area contributed by atoms with Crippen molar-refractivity contribution < 1.29 is 0 Å². The predicted octanol–water partition coefficient (Wildman–Crippen LogP) is 7.36. The summed E-state index contributed by atoms with van der Waals surface area (Å²) in [5.41, 5.74) is 5.75. The third-order valence-corrected chi connectivity index (χ3v) is 5.55. The Morgan fingerprint density at radius 2 is 1.35 bits per heavy atom. The molecule has 1 nitrogen and oxygen atoms in total. The molecule has 0 aromatic carbocycles. The minimum Gasteiger partial charge on any atom is -0.330 e. The second-order valence-electron chi connectivity index (χ2n) is 7.76. The van der Waals surface area contributed by atoms with Gasteiger partial charge in [-0.25, -0.2) is 0 Å². The molecule has 4 unspecified atom stereocenters. The van der Waals surface area contributed by atoms with Gasteiger partial charge in [0.05, 0.1) is 0 Å². The van der Waals surface area contributed by atoms with Crippen LogP contribution in [0.3, 0.4) is 0 Å². The third-order valence-electron chi connectivity index (χ3n) is 5.55. The van der Waals surface area contributed by atoms with E-state index in [4.69, 9.17) is 5.73 Å². The maximum atomic E-state index is 5.75.